The van der Waals surface area contributed by atoms with Gasteiger partial charge in [-0.25, -0.2) is 8.42 Å². The van der Waals surface area contributed by atoms with Gasteiger partial charge in [-0.2, -0.15) is 0 Å². The molecule has 0 bridgehead atoms. The SMILES string of the molecule is CC[C@H](C(=O)NC1CCCCC1)N(Cc1ccc(C)cc1)C(=O)CN(c1ccc(C(C)C)cc1)S(C)(=O)=O. The summed E-state index contributed by atoms with van der Waals surface area (Å²) in [6, 6.07) is 14.5. The quantitative estimate of drug-likeness (QED) is 0.427. The van der Waals surface area contributed by atoms with E-state index in [1.54, 1.807) is 17.0 Å². The molecule has 1 fully saturated rings. The van der Waals surface area contributed by atoms with Gasteiger partial charge in [-0.05, 0) is 55.4 Å². The number of aryl methyl sites for hydroxylation is 1. The molecule has 1 aliphatic rings. The van der Waals surface area contributed by atoms with Crippen LogP contribution >= 0.6 is 0 Å². The Bertz CT molecular complexity index is 1170. The molecule has 2 aromatic carbocycles. The molecule has 3 rings (SSSR count). The van der Waals surface area contributed by atoms with Crippen molar-refractivity contribution in [2.45, 2.75) is 90.8 Å². The smallest absolute Gasteiger partial charge is 0.244 e. The summed E-state index contributed by atoms with van der Waals surface area (Å²) >= 11 is 0. The standard InChI is InChI=1S/C30H43N3O4S/c1-6-28(30(35)31-26-10-8-7-9-11-26)32(20-24-14-12-23(4)13-15-24)29(34)21-33(38(5,36)37)27-18-16-25(17-19-27)22(2)3/h12-19,22,26,28H,6-11,20-21H2,1-5H3,(H,31,35)/t28-/m1/s1. The zero-order chi connectivity index (χ0) is 27.9. The minimum Gasteiger partial charge on any atom is -0.352 e. The van der Waals surface area contributed by atoms with Crippen molar-refractivity contribution in [1.29, 1.82) is 0 Å². The number of sulfonamides is 1. The molecule has 1 N–H and O–H groups in total. The van der Waals surface area contributed by atoms with E-state index in [-0.39, 0.29) is 25.0 Å². The highest BCUT2D eigenvalue weighted by molar-refractivity contribution is 7.92. The Labute approximate surface area is 228 Å². The third kappa shape index (κ3) is 8.06. The van der Waals surface area contributed by atoms with Gasteiger partial charge in [0.1, 0.15) is 12.6 Å². The van der Waals surface area contributed by atoms with Crippen LogP contribution in [0.5, 0.6) is 0 Å². The van der Waals surface area contributed by atoms with Crippen LogP contribution in [0.25, 0.3) is 0 Å². The number of hydrogen-bond donors (Lipinski definition) is 1. The molecule has 1 aliphatic carbocycles. The molecular weight excluding hydrogens is 498 g/mol. The molecule has 208 valence electrons. The first-order valence-electron chi connectivity index (χ1n) is 13.7. The van der Waals surface area contributed by atoms with E-state index in [0.29, 0.717) is 18.0 Å². The number of carbonyl (C=O) groups is 2. The lowest BCUT2D eigenvalue weighted by Gasteiger charge is -2.34. The third-order valence-electron chi connectivity index (χ3n) is 7.34. The van der Waals surface area contributed by atoms with Crippen LogP contribution in [0, 0.1) is 6.92 Å². The molecule has 0 radical (unpaired) electrons. The summed E-state index contributed by atoms with van der Waals surface area (Å²) in [5.41, 5.74) is 3.50. The van der Waals surface area contributed by atoms with Gasteiger partial charge in [0.2, 0.25) is 21.8 Å². The molecule has 1 saturated carbocycles. The van der Waals surface area contributed by atoms with Crippen molar-refractivity contribution < 1.29 is 18.0 Å². The van der Waals surface area contributed by atoms with Crippen LogP contribution in [0.1, 0.15) is 81.9 Å². The van der Waals surface area contributed by atoms with E-state index in [1.165, 1.54) is 6.42 Å². The molecule has 0 heterocycles. The van der Waals surface area contributed by atoms with Crippen LogP contribution < -0.4 is 9.62 Å². The number of nitrogens with one attached hydrogen (secondary N) is 1. The Morgan fingerprint density at radius 2 is 1.58 bits per heavy atom. The van der Waals surface area contributed by atoms with Gasteiger partial charge in [0.15, 0.2) is 0 Å². The van der Waals surface area contributed by atoms with Gasteiger partial charge >= 0.3 is 0 Å². The summed E-state index contributed by atoms with van der Waals surface area (Å²) in [5.74, 6) is -0.281. The summed E-state index contributed by atoms with van der Waals surface area (Å²) < 4.78 is 26.8. The van der Waals surface area contributed by atoms with Crippen LogP contribution in [0.2, 0.25) is 0 Å². The Kier molecular flexibility index (Phi) is 10.4. The number of carbonyl (C=O) groups excluding carboxylic acids is 2. The summed E-state index contributed by atoms with van der Waals surface area (Å²) in [6.07, 6.45) is 6.79. The monoisotopic (exact) mass is 541 g/mol. The maximum Gasteiger partial charge on any atom is 0.244 e. The normalized spacial score (nSPS) is 15.2. The first-order valence-corrected chi connectivity index (χ1v) is 15.6. The summed E-state index contributed by atoms with van der Waals surface area (Å²) in [5, 5.41) is 3.17. The third-order valence-corrected chi connectivity index (χ3v) is 8.48. The van der Waals surface area contributed by atoms with Gasteiger partial charge in [-0.3, -0.25) is 13.9 Å². The maximum atomic E-state index is 13.9. The number of rotatable bonds is 11. The van der Waals surface area contributed by atoms with Crippen molar-refractivity contribution in [1.82, 2.24) is 10.2 Å². The van der Waals surface area contributed by atoms with E-state index >= 15 is 0 Å². The molecule has 7 nitrogen and oxygen atoms in total. The lowest BCUT2D eigenvalue weighted by Crippen LogP contribution is -2.53. The lowest BCUT2D eigenvalue weighted by molar-refractivity contribution is -0.140. The zero-order valence-corrected chi connectivity index (χ0v) is 24.3. The Morgan fingerprint density at radius 1 is 0.974 bits per heavy atom. The van der Waals surface area contributed by atoms with Crippen LogP contribution in [0.15, 0.2) is 48.5 Å². The molecule has 0 saturated heterocycles. The highest BCUT2D eigenvalue weighted by Gasteiger charge is 2.32. The molecule has 2 aromatic rings. The Balaban J connectivity index is 1.90. The fraction of sp³-hybridized carbons (Fsp3) is 0.533. The molecule has 2 amide bonds. The van der Waals surface area contributed by atoms with Crippen molar-refractivity contribution in [3.05, 3.63) is 65.2 Å². The second kappa shape index (κ2) is 13.3. The second-order valence-electron chi connectivity index (χ2n) is 10.8. The van der Waals surface area contributed by atoms with E-state index in [1.807, 2.05) is 50.2 Å². The van der Waals surface area contributed by atoms with Gasteiger partial charge in [-0.15, -0.1) is 0 Å². The fourth-order valence-electron chi connectivity index (χ4n) is 4.99. The van der Waals surface area contributed by atoms with E-state index < -0.39 is 22.0 Å². The van der Waals surface area contributed by atoms with Gasteiger partial charge < -0.3 is 10.2 Å². The molecule has 38 heavy (non-hydrogen) atoms. The van der Waals surface area contributed by atoms with E-state index in [0.717, 1.165) is 52.9 Å². The van der Waals surface area contributed by atoms with Crippen molar-refractivity contribution in [2.24, 2.45) is 0 Å². The molecule has 8 heteroatoms. The van der Waals surface area contributed by atoms with Crippen molar-refractivity contribution in [3.8, 4) is 0 Å². The number of anilines is 1. The van der Waals surface area contributed by atoms with E-state index in [4.69, 9.17) is 0 Å². The van der Waals surface area contributed by atoms with Gasteiger partial charge in [-0.1, -0.05) is 82.0 Å². The molecule has 0 unspecified atom stereocenters. The minimum atomic E-state index is -3.75. The highest BCUT2D eigenvalue weighted by atomic mass is 32.2. The van der Waals surface area contributed by atoms with Crippen molar-refractivity contribution in [2.75, 3.05) is 17.1 Å². The first kappa shape index (κ1) is 29.7. The fourth-order valence-corrected chi connectivity index (χ4v) is 5.84. The number of nitrogens with zero attached hydrogens (tertiary/aromatic N) is 2. The van der Waals surface area contributed by atoms with Crippen LogP contribution in [-0.2, 0) is 26.2 Å². The maximum absolute atomic E-state index is 13.9. The van der Waals surface area contributed by atoms with Crippen molar-refractivity contribution >= 4 is 27.5 Å². The predicted octanol–water partition coefficient (Wildman–Crippen LogP) is 5.14. The minimum absolute atomic E-state index is 0.119. The summed E-state index contributed by atoms with van der Waals surface area (Å²) in [4.78, 5) is 28.9. The molecule has 0 aliphatic heterocycles. The Hall–Kier alpha value is -2.87. The second-order valence-corrected chi connectivity index (χ2v) is 12.7. The first-order chi connectivity index (χ1) is 18.0. The zero-order valence-electron chi connectivity index (χ0n) is 23.4. The average molecular weight is 542 g/mol. The number of benzene rings is 2. The summed E-state index contributed by atoms with van der Waals surface area (Å²) in [7, 11) is -3.75. The van der Waals surface area contributed by atoms with Gasteiger partial charge in [0, 0.05) is 12.6 Å². The van der Waals surface area contributed by atoms with Crippen LogP contribution in [-0.4, -0.2) is 50.0 Å². The number of amides is 2. The molecular formula is C30H43N3O4S. The molecule has 1 atom stereocenters. The molecule has 0 aromatic heterocycles. The van der Waals surface area contributed by atoms with Gasteiger partial charge in [0.25, 0.3) is 0 Å². The van der Waals surface area contributed by atoms with Crippen LogP contribution in [0.4, 0.5) is 5.69 Å². The Morgan fingerprint density at radius 3 is 2.11 bits per heavy atom. The van der Waals surface area contributed by atoms with Gasteiger partial charge in [0.05, 0.1) is 11.9 Å². The van der Waals surface area contributed by atoms with E-state index in [2.05, 4.69) is 19.2 Å². The largest absolute Gasteiger partial charge is 0.352 e. The predicted molar refractivity (Wildman–Crippen MR) is 154 cm³/mol. The molecule has 0 spiro atoms. The average Bonchev–Trinajstić information content (AvgIpc) is 2.88. The number of hydrogen-bond acceptors (Lipinski definition) is 4. The summed E-state index contributed by atoms with van der Waals surface area (Å²) in [6.45, 7) is 7.86. The van der Waals surface area contributed by atoms with Crippen molar-refractivity contribution in [3.63, 3.8) is 0 Å². The van der Waals surface area contributed by atoms with E-state index in [9.17, 15) is 18.0 Å². The topological polar surface area (TPSA) is 86.8 Å². The highest BCUT2D eigenvalue weighted by Crippen LogP contribution is 2.24. The van der Waals surface area contributed by atoms with Crippen LogP contribution in [0.3, 0.4) is 0 Å². The lowest BCUT2D eigenvalue weighted by atomic mass is 9.95.